The van der Waals surface area contributed by atoms with E-state index in [4.69, 9.17) is 29.0 Å². The molecule has 3 aromatic rings. The van der Waals surface area contributed by atoms with Crippen LogP contribution in [0.1, 0.15) is 343 Å². The molecule has 0 saturated carbocycles. The molecule has 26 nitrogen and oxygen atoms in total. The fourth-order valence-corrected chi connectivity index (χ4v) is 14.6. The Kier molecular flexibility index (Phi) is 51.9. The Balaban J connectivity index is 1.67. The van der Waals surface area contributed by atoms with Crippen LogP contribution in [0.2, 0.25) is 0 Å². The van der Waals surface area contributed by atoms with Crippen molar-refractivity contribution >= 4 is 66.5 Å². The third-order valence-corrected chi connectivity index (χ3v) is 21.2. The zero-order chi connectivity index (χ0) is 82.3. The lowest BCUT2D eigenvalue weighted by Gasteiger charge is -2.29. The van der Waals surface area contributed by atoms with Crippen molar-refractivity contribution in [3.63, 3.8) is 0 Å². The lowest BCUT2D eigenvalue weighted by atomic mass is 10.0. The van der Waals surface area contributed by atoms with Crippen molar-refractivity contribution in [1.82, 2.24) is 55.9 Å². The van der Waals surface area contributed by atoms with Gasteiger partial charge in [-0.1, -0.05) is 206 Å². The van der Waals surface area contributed by atoms with Gasteiger partial charge in [0.1, 0.15) is 22.3 Å². The Morgan fingerprint density at radius 2 is 0.946 bits per heavy atom. The highest BCUT2D eigenvalue weighted by molar-refractivity contribution is 7.53. The van der Waals surface area contributed by atoms with Crippen LogP contribution in [-0.4, -0.2) is 173 Å². The number of unbranched alkanes of at least 4 members (excludes halogenated alkanes) is 29. The Hall–Kier alpha value is -6.50. The molecule has 0 saturated heterocycles. The van der Waals surface area contributed by atoms with Gasteiger partial charge in [0, 0.05) is 57.9 Å². The van der Waals surface area contributed by atoms with Crippen LogP contribution in [0.25, 0.3) is 11.2 Å². The first-order chi connectivity index (χ1) is 53.6. The number of carbonyl (C=O) groups is 6. The van der Waals surface area contributed by atoms with Gasteiger partial charge in [-0.3, -0.25) is 23.5 Å². The number of ether oxygens (including phenoxy) is 3. The molecule has 1 aromatic carbocycles. The summed E-state index contributed by atoms with van der Waals surface area (Å²) >= 11 is 0. The Morgan fingerprint density at radius 1 is 0.500 bits per heavy atom. The number of aromatic nitrogens is 4. The van der Waals surface area contributed by atoms with Crippen molar-refractivity contribution in [2.24, 2.45) is 0 Å². The summed E-state index contributed by atoms with van der Waals surface area (Å²) in [6.07, 6.45) is 39.1. The number of nitrogens with two attached hydrogens (primary N) is 1. The number of alkyl carbamates (subject to hydrolysis) is 1. The molecule has 0 spiro atoms. The molecule has 6 amide bonds. The number of nitrogens with zero attached hydrogens (tertiary/aromatic N) is 5. The SMILES string of the molecule is CCCCCCCCCCCCCCCCOP(=O)(CCCN[C@@H](CCCCNC(=O)CNC(=O)c1ccc(Cn2c(=O)[nH]c3c(N)nc(NCCCC)nc32)cc1)C(=O)NCCCN(CCCCN(CCCNC(=O)OC(C)(C)C)C(=O)OC(C)(C)C)C(=O)OC(C)(C)C)OCCCCCCCCCCCCCCCC. The molecule has 3 rings (SSSR count). The number of hydrogen-bond donors (Lipinski definition) is 8. The van der Waals surface area contributed by atoms with Gasteiger partial charge < -0.3 is 75.7 Å². The number of aromatic amines is 1. The van der Waals surface area contributed by atoms with Crippen molar-refractivity contribution in [2.75, 3.05) is 95.9 Å². The van der Waals surface area contributed by atoms with Crippen LogP contribution in [0.15, 0.2) is 29.1 Å². The number of nitrogen functional groups attached to an aromatic ring is 1. The maximum Gasteiger partial charge on any atom is 0.410 e. The number of carbonyl (C=O) groups excluding carboxylic acids is 6. The van der Waals surface area contributed by atoms with Gasteiger partial charge in [0.15, 0.2) is 11.5 Å². The van der Waals surface area contributed by atoms with Gasteiger partial charge in [-0.05, 0) is 157 Å². The van der Waals surface area contributed by atoms with E-state index in [1.54, 1.807) is 75.6 Å². The highest BCUT2D eigenvalue weighted by Crippen LogP contribution is 2.49. The maximum atomic E-state index is 14.6. The molecule has 9 N–H and O–H groups in total. The van der Waals surface area contributed by atoms with E-state index in [0.29, 0.717) is 133 Å². The third kappa shape index (κ3) is 48.7. The van der Waals surface area contributed by atoms with Gasteiger partial charge in [-0.25, -0.2) is 19.2 Å². The van der Waals surface area contributed by atoms with E-state index >= 15 is 0 Å². The van der Waals surface area contributed by atoms with Crippen LogP contribution < -0.4 is 43.3 Å². The molecule has 27 heteroatoms. The Bertz CT molecular complexity index is 3130. The van der Waals surface area contributed by atoms with Gasteiger partial charge >= 0.3 is 31.6 Å². The second kappa shape index (κ2) is 58.4. The molecule has 112 heavy (non-hydrogen) atoms. The summed E-state index contributed by atoms with van der Waals surface area (Å²) in [4.78, 5) is 108. The minimum absolute atomic E-state index is 0.155. The van der Waals surface area contributed by atoms with E-state index in [2.05, 4.69) is 67.6 Å². The minimum Gasteiger partial charge on any atom is -0.444 e. The van der Waals surface area contributed by atoms with E-state index in [0.717, 1.165) is 56.9 Å². The molecular formula is C85H154N13O13P. The lowest BCUT2D eigenvalue weighted by Crippen LogP contribution is -2.45. The van der Waals surface area contributed by atoms with Gasteiger partial charge in [0.05, 0.1) is 38.5 Å². The minimum atomic E-state index is -3.48. The summed E-state index contributed by atoms with van der Waals surface area (Å²) in [7, 11) is -3.48. The van der Waals surface area contributed by atoms with Crippen molar-refractivity contribution in [3.05, 3.63) is 45.9 Å². The van der Waals surface area contributed by atoms with Crippen LogP contribution in [0.5, 0.6) is 0 Å². The topological polar surface area (TPSA) is 334 Å². The fourth-order valence-electron chi connectivity index (χ4n) is 12.9. The normalized spacial score (nSPS) is 12.2. The highest BCUT2D eigenvalue weighted by Gasteiger charge is 2.28. The number of H-pyrrole nitrogens is 1. The summed E-state index contributed by atoms with van der Waals surface area (Å²) in [6, 6.07) is 6.07. The van der Waals surface area contributed by atoms with Crippen LogP contribution in [-0.2, 0) is 44.0 Å². The molecule has 0 aliphatic rings. The number of fused-ring (bicyclic) bond motifs is 1. The number of nitrogens with one attached hydrogen (secondary N) is 7. The molecule has 2 heterocycles. The third-order valence-electron chi connectivity index (χ3n) is 19.1. The van der Waals surface area contributed by atoms with Crippen molar-refractivity contribution in [2.45, 2.75) is 356 Å². The van der Waals surface area contributed by atoms with E-state index < -0.39 is 60.3 Å². The van der Waals surface area contributed by atoms with Crippen LogP contribution in [0.3, 0.4) is 0 Å². The standard InChI is InChI=1S/C85H154N13O13P/c1-13-16-19-21-23-25-27-29-31-33-35-37-39-45-64-107-112(106,108-65-46-40-38-36-34-32-30-28-26-24-22-20-17-14-2)66-49-59-87-71(50-41-42-56-88-72(99)67-92-76(100)70-53-51-69(52-54-70)68-98-75-73(93-79(98)102)74(86)94-78(95-75)90-55-18-15-3)77(101)89-57-47-62-96(81(104)110-84(7,8)9)60-43-44-61-97(82(105)111-85(10,11)12)63-48-58-91-80(103)109-83(4,5)6/h51-54,71,87H,13-50,55-68H2,1-12H3,(H,88,99)(H,89,101)(H,91,103)(H,92,100)(H,93,102)(H3,86,90,94,95)/t71-/m0/s1. The number of anilines is 2. The van der Waals surface area contributed by atoms with E-state index in [1.165, 1.54) is 146 Å². The molecule has 0 aliphatic heterocycles. The average molecular weight is 1600 g/mol. The zero-order valence-corrected chi connectivity index (χ0v) is 72.6. The number of benzene rings is 1. The number of hydrogen-bond acceptors (Lipinski definition) is 18. The van der Waals surface area contributed by atoms with Gasteiger partial charge in [-0.15, -0.1) is 0 Å². The van der Waals surface area contributed by atoms with Crippen LogP contribution >= 0.6 is 7.60 Å². The highest BCUT2D eigenvalue weighted by atomic mass is 31.2. The molecular weight excluding hydrogens is 1440 g/mol. The van der Waals surface area contributed by atoms with E-state index in [1.807, 2.05) is 20.8 Å². The second-order valence-corrected chi connectivity index (χ2v) is 35.5. The predicted octanol–water partition coefficient (Wildman–Crippen LogP) is 18.2. The van der Waals surface area contributed by atoms with Crippen molar-refractivity contribution in [1.29, 1.82) is 0 Å². The average Bonchev–Trinajstić information content (AvgIpc) is 1.63. The lowest BCUT2D eigenvalue weighted by molar-refractivity contribution is -0.123. The van der Waals surface area contributed by atoms with Gasteiger partial charge in [0.25, 0.3) is 5.91 Å². The molecule has 0 unspecified atom stereocenters. The molecule has 642 valence electrons. The van der Waals surface area contributed by atoms with E-state index in [9.17, 15) is 38.1 Å². The summed E-state index contributed by atoms with van der Waals surface area (Å²) in [6.45, 7) is 26.6. The summed E-state index contributed by atoms with van der Waals surface area (Å²) in [5.41, 5.74) is 5.41. The Morgan fingerprint density at radius 3 is 1.42 bits per heavy atom. The number of imidazole rings is 1. The zero-order valence-electron chi connectivity index (χ0n) is 71.7. The fraction of sp³-hybridized carbons (Fsp3) is 0.800. The maximum absolute atomic E-state index is 14.6. The Labute approximate surface area is 674 Å². The second-order valence-electron chi connectivity index (χ2n) is 33.3. The van der Waals surface area contributed by atoms with Crippen molar-refractivity contribution in [3.8, 4) is 0 Å². The predicted molar refractivity (Wildman–Crippen MR) is 453 cm³/mol. The first kappa shape index (κ1) is 99.7. The van der Waals surface area contributed by atoms with Crippen molar-refractivity contribution < 1.29 is 56.6 Å². The van der Waals surface area contributed by atoms with Gasteiger partial charge in [-0.2, -0.15) is 9.97 Å². The van der Waals surface area contributed by atoms with Crippen LogP contribution in [0, 0.1) is 0 Å². The first-order valence-electron chi connectivity index (χ1n) is 43.5. The summed E-state index contributed by atoms with van der Waals surface area (Å²) < 4.78 is 45.5. The molecule has 1 atom stereocenters. The number of rotatable bonds is 65. The molecule has 0 bridgehead atoms. The van der Waals surface area contributed by atoms with Crippen LogP contribution in [0.4, 0.5) is 26.1 Å². The van der Waals surface area contributed by atoms with E-state index in [-0.39, 0.29) is 50.0 Å². The first-order valence-corrected chi connectivity index (χ1v) is 45.2. The summed E-state index contributed by atoms with van der Waals surface area (Å²) in [5.74, 6) is -0.588. The molecule has 2 aromatic heterocycles. The largest absolute Gasteiger partial charge is 0.444 e. The number of amides is 6. The monoisotopic (exact) mass is 1600 g/mol. The molecule has 0 aliphatic carbocycles. The summed E-state index contributed by atoms with van der Waals surface area (Å²) in [5, 5.41) is 18.0. The van der Waals surface area contributed by atoms with Gasteiger partial charge in [0.2, 0.25) is 17.8 Å². The molecule has 0 fully saturated rings. The quantitative estimate of drug-likeness (QED) is 0.0148. The smallest absolute Gasteiger partial charge is 0.410 e. The molecule has 0 radical (unpaired) electrons.